The molecule has 0 bridgehead atoms. The number of ether oxygens (including phenoxy) is 2. The third-order valence-electron chi connectivity index (χ3n) is 3.15. The topological polar surface area (TPSA) is 35.5 Å². The van der Waals surface area contributed by atoms with Gasteiger partial charge in [-0.15, -0.1) is 6.42 Å². The monoisotopic (exact) mass is 348 g/mol. The van der Waals surface area contributed by atoms with Crippen LogP contribution >= 0.6 is 23.2 Å². The van der Waals surface area contributed by atoms with Crippen molar-refractivity contribution in [2.45, 2.75) is 13.5 Å². The molecule has 0 saturated carbocycles. The van der Waals surface area contributed by atoms with E-state index in [1.54, 1.807) is 0 Å². The van der Waals surface area contributed by atoms with Crippen LogP contribution in [0.25, 0.3) is 0 Å². The summed E-state index contributed by atoms with van der Waals surface area (Å²) in [6.07, 6.45) is 5.05. The molecule has 3 nitrogen and oxygen atoms in total. The van der Waals surface area contributed by atoms with E-state index in [0.717, 1.165) is 11.1 Å². The van der Waals surface area contributed by atoms with Gasteiger partial charge in [-0.05, 0) is 30.2 Å². The molecular formula is C18H14Cl2O3. The van der Waals surface area contributed by atoms with Crippen LogP contribution in [0, 0.1) is 19.3 Å². The molecule has 0 heterocycles. The summed E-state index contributed by atoms with van der Waals surface area (Å²) in [6.45, 7) is 2.21. The number of benzene rings is 2. The van der Waals surface area contributed by atoms with Gasteiger partial charge in [0.25, 0.3) is 0 Å². The van der Waals surface area contributed by atoms with Crippen molar-refractivity contribution in [1.29, 1.82) is 0 Å². The summed E-state index contributed by atoms with van der Waals surface area (Å²) in [5.74, 6) is 1.96. The Morgan fingerprint density at radius 3 is 2.48 bits per heavy atom. The third kappa shape index (κ3) is 4.41. The number of carbonyl (C=O) groups is 1. The fraction of sp³-hybridized carbons (Fsp3) is 0.167. The number of carbonyl (C=O) groups excluding carboxylic acids is 1. The highest BCUT2D eigenvalue weighted by atomic mass is 35.5. The Kier molecular flexibility index (Phi) is 5.92. The van der Waals surface area contributed by atoms with Crippen molar-refractivity contribution in [3.8, 4) is 18.1 Å². The first kappa shape index (κ1) is 17.2. The molecule has 0 aliphatic carbocycles. The minimum atomic E-state index is -0.586. The number of terminal acetylenes is 1. The smallest absolute Gasteiger partial charge is 0.339 e. The first-order valence-corrected chi connectivity index (χ1v) is 7.55. The third-order valence-corrected chi connectivity index (χ3v) is 3.72. The molecule has 0 radical (unpaired) electrons. The van der Waals surface area contributed by atoms with Gasteiger partial charge in [0.15, 0.2) is 12.4 Å². The summed E-state index contributed by atoms with van der Waals surface area (Å²) in [7, 11) is 0. The molecule has 2 rings (SSSR count). The van der Waals surface area contributed by atoms with Crippen molar-refractivity contribution in [3.63, 3.8) is 0 Å². The normalized spacial score (nSPS) is 10.0. The van der Waals surface area contributed by atoms with Crippen LogP contribution in [-0.2, 0) is 11.3 Å². The maximum atomic E-state index is 11.8. The molecule has 0 unspecified atom stereocenters. The molecule has 0 aromatic heterocycles. The van der Waals surface area contributed by atoms with Crippen molar-refractivity contribution < 1.29 is 14.3 Å². The molecule has 23 heavy (non-hydrogen) atoms. The summed E-state index contributed by atoms with van der Waals surface area (Å²) in [4.78, 5) is 11.8. The summed E-state index contributed by atoms with van der Waals surface area (Å²) in [5.41, 5.74) is 2.35. The largest absolute Gasteiger partial charge is 0.486 e. The van der Waals surface area contributed by atoms with Gasteiger partial charge in [-0.3, -0.25) is 0 Å². The first-order chi connectivity index (χ1) is 11.0. The number of aryl methyl sites for hydroxylation is 1. The van der Waals surface area contributed by atoms with Gasteiger partial charge < -0.3 is 9.47 Å². The van der Waals surface area contributed by atoms with Crippen LogP contribution in [0.5, 0.6) is 5.75 Å². The molecular weight excluding hydrogens is 335 g/mol. The minimum absolute atomic E-state index is 0.112. The van der Waals surface area contributed by atoms with E-state index in [0.29, 0.717) is 12.4 Å². The number of rotatable bonds is 5. The molecule has 0 aliphatic heterocycles. The van der Waals surface area contributed by atoms with E-state index >= 15 is 0 Å². The zero-order chi connectivity index (χ0) is 16.8. The molecule has 0 atom stereocenters. The fourth-order valence-electron chi connectivity index (χ4n) is 1.93. The van der Waals surface area contributed by atoms with Gasteiger partial charge in [0, 0.05) is 0 Å². The molecule has 2 aromatic rings. The second-order valence-corrected chi connectivity index (χ2v) is 5.58. The average molecular weight is 349 g/mol. The van der Waals surface area contributed by atoms with Crippen LogP contribution < -0.4 is 4.74 Å². The lowest BCUT2D eigenvalue weighted by atomic mass is 10.1. The number of halogens is 2. The molecule has 0 aliphatic rings. The maximum Gasteiger partial charge on any atom is 0.339 e. The Morgan fingerprint density at radius 2 is 1.87 bits per heavy atom. The molecule has 0 spiro atoms. The van der Waals surface area contributed by atoms with Crippen LogP contribution in [0.1, 0.15) is 21.5 Å². The highest BCUT2D eigenvalue weighted by Gasteiger charge is 2.15. The van der Waals surface area contributed by atoms with Gasteiger partial charge in [0.05, 0.1) is 15.6 Å². The van der Waals surface area contributed by atoms with Crippen molar-refractivity contribution in [2.24, 2.45) is 0 Å². The molecule has 0 saturated heterocycles. The van der Waals surface area contributed by atoms with Crippen molar-refractivity contribution in [1.82, 2.24) is 0 Å². The van der Waals surface area contributed by atoms with Crippen molar-refractivity contribution in [3.05, 3.63) is 63.1 Å². The van der Waals surface area contributed by atoms with Gasteiger partial charge in [-0.1, -0.05) is 53.4 Å². The summed E-state index contributed by atoms with van der Waals surface area (Å²) in [5, 5.41) is 0.470. The predicted molar refractivity (Wildman–Crippen MR) is 91.1 cm³/mol. The van der Waals surface area contributed by atoms with E-state index in [4.69, 9.17) is 39.1 Å². The SMILES string of the molecule is C#CCOC(=O)c1cc(Cl)c(OCc2ccccc2C)c(Cl)c1. The Balaban J connectivity index is 2.16. The summed E-state index contributed by atoms with van der Waals surface area (Å²) in [6, 6.07) is 10.7. The first-order valence-electron chi connectivity index (χ1n) is 6.80. The van der Waals surface area contributed by atoms with Crippen LogP contribution in [-0.4, -0.2) is 12.6 Å². The van der Waals surface area contributed by atoms with Gasteiger partial charge in [0.1, 0.15) is 6.61 Å². The molecule has 0 N–H and O–H groups in total. The maximum absolute atomic E-state index is 11.8. The van der Waals surface area contributed by atoms with E-state index in [1.807, 2.05) is 31.2 Å². The van der Waals surface area contributed by atoms with Crippen LogP contribution in [0.3, 0.4) is 0 Å². The number of hydrogen-bond acceptors (Lipinski definition) is 3. The summed E-state index contributed by atoms with van der Waals surface area (Å²) < 4.78 is 10.5. The van der Waals surface area contributed by atoms with Crippen LogP contribution in [0.2, 0.25) is 10.0 Å². The van der Waals surface area contributed by atoms with Gasteiger partial charge in [-0.25, -0.2) is 4.79 Å². The standard InChI is InChI=1S/C18H14Cl2O3/c1-3-8-22-18(21)14-9-15(19)17(16(20)10-14)23-11-13-7-5-4-6-12(13)2/h1,4-7,9-10H,8,11H2,2H3. The molecule has 0 fully saturated rings. The Bertz CT molecular complexity index is 740. The highest BCUT2D eigenvalue weighted by Crippen LogP contribution is 2.35. The van der Waals surface area contributed by atoms with Crippen LogP contribution in [0.15, 0.2) is 36.4 Å². The van der Waals surface area contributed by atoms with Crippen LogP contribution in [0.4, 0.5) is 0 Å². The zero-order valence-electron chi connectivity index (χ0n) is 12.4. The van der Waals surface area contributed by atoms with E-state index < -0.39 is 5.97 Å². The quantitative estimate of drug-likeness (QED) is 0.581. The Labute approximate surface area is 145 Å². The van der Waals surface area contributed by atoms with Crippen molar-refractivity contribution in [2.75, 3.05) is 6.61 Å². The molecule has 118 valence electrons. The van der Waals surface area contributed by atoms with Gasteiger partial charge >= 0.3 is 5.97 Å². The Hall–Kier alpha value is -2.15. The van der Waals surface area contributed by atoms with E-state index in [9.17, 15) is 4.79 Å². The molecule has 2 aromatic carbocycles. The zero-order valence-corrected chi connectivity index (χ0v) is 13.9. The Morgan fingerprint density at radius 1 is 1.22 bits per heavy atom. The van der Waals surface area contributed by atoms with E-state index in [-0.39, 0.29) is 22.2 Å². The second kappa shape index (κ2) is 7.92. The second-order valence-electron chi connectivity index (χ2n) is 4.76. The lowest BCUT2D eigenvalue weighted by Crippen LogP contribution is -2.06. The fourth-order valence-corrected chi connectivity index (χ4v) is 2.52. The summed E-state index contributed by atoms with van der Waals surface area (Å²) >= 11 is 12.3. The number of esters is 1. The highest BCUT2D eigenvalue weighted by molar-refractivity contribution is 6.37. The minimum Gasteiger partial charge on any atom is -0.486 e. The molecule has 5 heteroatoms. The van der Waals surface area contributed by atoms with E-state index in [1.165, 1.54) is 12.1 Å². The number of hydrogen-bond donors (Lipinski definition) is 0. The van der Waals surface area contributed by atoms with Gasteiger partial charge in [-0.2, -0.15) is 0 Å². The van der Waals surface area contributed by atoms with E-state index in [2.05, 4.69) is 5.92 Å². The average Bonchev–Trinajstić information content (AvgIpc) is 2.53. The van der Waals surface area contributed by atoms with Crippen molar-refractivity contribution >= 4 is 29.2 Å². The van der Waals surface area contributed by atoms with Gasteiger partial charge in [0.2, 0.25) is 0 Å². The predicted octanol–water partition coefficient (Wildman–Crippen LogP) is 4.67. The lowest BCUT2D eigenvalue weighted by Gasteiger charge is -2.12. The molecule has 0 amide bonds. The lowest BCUT2D eigenvalue weighted by molar-refractivity contribution is 0.0556.